The Bertz CT molecular complexity index is 422. The van der Waals surface area contributed by atoms with Gasteiger partial charge in [-0.1, -0.05) is 13.8 Å². The lowest BCUT2D eigenvalue weighted by atomic mass is 10.1. The summed E-state index contributed by atoms with van der Waals surface area (Å²) in [6.45, 7) is 5.48. The molecule has 1 aromatic carbocycles. The molecular weight excluding hydrogens is 246 g/mol. The van der Waals surface area contributed by atoms with Gasteiger partial charge in [-0.25, -0.2) is 0 Å². The Balaban J connectivity index is 2.49. The van der Waals surface area contributed by atoms with Gasteiger partial charge in [-0.05, 0) is 36.5 Å². The van der Waals surface area contributed by atoms with Crippen LogP contribution in [0.15, 0.2) is 18.2 Å². The van der Waals surface area contributed by atoms with Crippen LogP contribution in [0, 0.1) is 16.0 Å². The molecule has 1 aromatic rings. The lowest BCUT2D eigenvalue weighted by Crippen LogP contribution is -2.09. The van der Waals surface area contributed by atoms with E-state index in [4.69, 9.17) is 10.6 Å². The van der Waals surface area contributed by atoms with Crippen molar-refractivity contribution in [2.24, 2.45) is 11.8 Å². The van der Waals surface area contributed by atoms with E-state index in [0.29, 0.717) is 24.8 Å². The highest BCUT2D eigenvalue weighted by Gasteiger charge is 2.12. The quantitative estimate of drug-likeness (QED) is 0.327. The zero-order valence-electron chi connectivity index (χ0n) is 11.4. The zero-order chi connectivity index (χ0) is 14.3. The summed E-state index contributed by atoms with van der Waals surface area (Å²) in [5.41, 5.74) is 3.46. The number of hydrazine groups is 1. The van der Waals surface area contributed by atoms with E-state index in [9.17, 15) is 10.1 Å². The molecule has 0 atom stereocenters. The molecule has 0 amide bonds. The number of nitrogens with two attached hydrogens (primary N) is 1. The third kappa shape index (κ3) is 5.23. The van der Waals surface area contributed by atoms with Gasteiger partial charge in [0.2, 0.25) is 0 Å². The molecule has 0 aliphatic carbocycles. The summed E-state index contributed by atoms with van der Waals surface area (Å²) in [5.74, 6) is 5.95. The van der Waals surface area contributed by atoms with Crippen molar-refractivity contribution in [3.63, 3.8) is 0 Å². The number of nitro groups is 1. The van der Waals surface area contributed by atoms with Crippen molar-refractivity contribution in [3.05, 3.63) is 33.9 Å². The number of hydrogen-bond acceptors (Lipinski definition) is 5. The Morgan fingerprint density at radius 1 is 1.47 bits per heavy atom. The van der Waals surface area contributed by atoms with Crippen LogP contribution in [0.1, 0.15) is 32.3 Å². The van der Waals surface area contributed by atoms with Crippen molar-refractivity contribution in [1.29, 1.82) is 0 Å². The molecular formula is C13H21N3O3. The average Bonchev–Trinajstić information content (AvgIpc) is 2.37. The number of anilines is 1. The Morgan fingerprint density at radius 2 is 2.21 bits per heavy atom. The van der Waals surface area contributed by atoms with Crippen LogP contribution in [0.2, 0.25) is 0 Å². The number of ether oxygens (including phenoxy) is 1. The second-order valence-electron chi connectivity index (χ2n) is 4.84. The molecule has 0 aliphatic heterocycles. The van der Waals surface area contributed by atoms with Crippen LogP contribution in [0.3, 0.4) is 0 Å². The van der Waals surface area contributed by atoms with Crippen LogP contribution >= 0.6 is 0 Å². The fourth-order valence-corrected chi connectivity index (χ4v) is 1.73. The topological polar surface area (TPSA) is 90.4 Å². The van der Waals surface area contributed by atoms with Crippen molar-refractivity contribution < 1.29 is 9.66 Å². The summed E-state index contributed by atoms with van der Waals surface area (Å²) in [6.07, 6.45) is 2.16. The van der Waals surface area contributed by atoms with Crippen LogP contribution in [0.25, 0.3) is 0 Å². The summed E-state index contributed by atoms with van der Waals surface area (Å²) >= 11 is 0. The Kier molecular flexibility index (Phi) is 6.24. The molecule has 0 radical (unpaired) electrons. The molecule has 0 fully saturated rings. The predicted octanol–water partition coefficient (Wildman–Crippen LogP) is 2.83. The zero-order valence-corrected chi connectivity index (χ0v) is 11.4. The molecule has 3 N–H and O–H groups in total. The highest BCUT2D eigenvalue weighted by Crippen LogP contribution is 2.24. The number of hydrogen-bond donors (Lipinski definition) is 2. The van der Waals surface area contributed by atoms with Gasteiger partial charge in [0.05, 0.1) is 11.5 Å². The van der Waals surface area contributed by atoms with E-state index >= 15 is 0 Å². The summed E-state index contributed by atoms with van der Waals surface area (Å²) in [4.78, 5) is 10.3. The first-order valence-electron chi connectivity index (χ1n) is 6.36. The van der Waals surface area contributed by atoms with Gasteiger partial charge >= 0.3 is 0 Å². The molecule has 6 heteroatoms. The monoisotopic (exact) mass is 267 g/mol. The first-order valence-corrected chi connectivity index (χ1v) is 6.36. The second kappa shape index (κ2) is 7.70. The highest BCUT2D eigenvalue weighted by molar-refractivity contribution is 5.61. The van der Waals surface area contributed by atoms with Crippen LogP contribution in [0.5, 0.6) is 0 Å². The highest BCUT2D eigenvalue weighted by atomic mass is 16.6. The molecule has 1 rings (SSSR count). The van der Waals surface area contributed by atoms with Crippen molar-refractivity contribution in [2.45, 2.75) is 33.3 Å². The Labute approximate surface area is 113 Å². The predicted molar refractivity (Wildman–Crippen MR) is 74.6 cm³/mol. The van der Waals surface area contributed by atoms with E-state index in [-0.39, 0.29) is 5.69 Å². The minimum atomic E-state index is -0.470. The van der Waals surface area contributed by atoms with Gasteiger partial charge in [0.25, 0.3) is 5.69 Å². The summed E-state index contributed by atoms with van der Waals surface area (Å²) in [6, 6.07) is 4.75. The fraction of sp³-hybridized carbons (Fsp3) is 0.538. The minimum Gasteiger partial charge on any atom is -0.377 e. The van der Waals surface area contributed by atoms with Gasteiger partial charge in [-0.3, -0.25) is 16.0 Å². The number of nitrogens with one attached hydrogen (secondary N) is 1. The lowest BCUT2D eigenvalue weighted by Gasteiger charge is -2.08. The maximum Gasteiger partial charge on any atom is 0.293 e. The lowest BCUT2D eigenvalue weighted by molar-refractivity contribution is -0.384. The molecule has 0 unspecified atom stereocenters. The average molecular weight is 267 g/mol. The van der Waals surface area contributed by atoms with Crippen molar-refractivity contribution in [3.8, 4) is 0 Å². The first-order chi connectivity index (χ1) is 9.04. The largest absolute Gasteiger partial charge is 0.377 e. The molecule has 19 heavy (non-hydrogen) atoms. The molecule has 0 bridgehead atoms. The number of nitrogen functional groups attached to an aromatic ring is 1. The third-order valence-corrected chi connectivity index (χ3v) is 2.75. The molecule has 0 aliphatic rings. The molecule has 0 saturated carbocycles. The summed E-state index contributed by atoms with van der Waals surface area (Å²) < 4.78 is 5.53. The number of rotatable bonds is 8. The summed E-state index contributed by atoms with van der Waals surface area (Å²) in [7, 11) is 0. The second-order valence-corrected chi connectivity index (χ2v) is 4.84. The van der Waals surface area contributed by atoms with E-state index in [1.807, 2.05) is 0 Å². The minimum absolute atomic E-state index is 0.0361. The van der Waals surface area contributed by atoms with Gasteiger partial charge in [0, 0.05) is 12.7 Å². The number of nitro benzene ring substituents is 1. The van der Waals surface area contributed by atoms with Crippen molar-refractivity contribution in [1.82, 2.24) is 0 Å². The van der Waals surface area contributed by atoms with Gasteiger partial charge < -0.3 is 10.2 Å². The SMILES string of the molecule is CC(C)CCCOCc1ccc([N+](=O)[O-])c(NN)c1. The van der Waals surface area contributed by atoms with Crippen molar-refractivity contribution >= 4 is 11.4 Å². The van der Waals surface area contributed by atoms with Crippen LogP contribution in [-0.4, -0.2) is 11.5 Å². The summed E-state index contributed by atoms with van der Waals surface area (Å²) in [5, 5.41) is 10.7. The van der Waals surface area contributed by atoms with Gasteiger partial charge in [0.1, 0.15) is 5.69 Å². The number of nitrogens with zero attached hydrogens (tertiary/aromatic N) is 1. The fourth-order valence-electron chi connectivity index (χ4n) is 1.73. The Morgan fingerprint density at radius 3 is 2.79 bits per heavy atom. The van der Waals surface area contributed by atoms with Crippen molar-refractivity contribution in [2.75, 3.05) is 12.0 Å². The van der Waals surface area contributed by atoms with E-state index in [0.717, 1.165) is 18.4 Å². The first kappa shape index (κ1) is 15.4. The Hall–Kier alpha value is -1.66. The van der Waals surface area contributed by atoms with E-state index in [1.54, 1.807) is 12.1 Å². The maximum absolute atomic E-state index is 10.7. The molecule has 0 aromatic heterocycles. The molecule has 106 valence electrons. The molecule has 6 nitrogen and oxygen atoms in total. The standard InChI is InChI=1S/C13H21N3O3/c1-10(2)4-3-7-19-9-11-5-6-13(16(17)18)12(8-11)15-14/h5-6,8,10,15H,3-4,7,9,14H2,1-2H3. The van der Waals surface area contributed by atoms with E-state index in [1.165, 1.54) is 6.07 Å². The normalized spacial score (nSPS) is 10.7. The molecule has 0 heterocycles. The number of benzene rings is 1. The third-order valence-electron chi connectivity index (χ3n) is 2.75. The van der Waals surface area contributed by atoms with E-state index < -0.39 is 4.92 Å². The smallest absolute Gasteiger partial charge is 0.293 e. The van der Waals surface area contributed by atoms with Gasteiger partial charge in [-0.2, -0.15) is 0 Å². The maximum atomic E-state index is 10.7. The van der Waals surface area contributed by atoms with Gasteiger partial charge in [0.15, 0.2) is 0 Å². The van der Waals surface area contributed by atoms with Gasteiger partial charge in [-0.15, -0.1) is 0 Å². The van der Waals surface area contributed by atoms with Crippen LogP contribution in [-0.2, 0) is 11.3 Å². The van der Waals surface area contributed by atoms with E-state index in [2.05, 4.69) is 19.3 Å². The van der Waals surface area contributed by atoms with Crippen LogP contribution < -0.4 is 11.3 Å². The van der Waals surface area contributed by atoms with Crippen LogP contribution in [0.4, 0.5) is 11.4 Å². The molecule has 0 saturated heterocycles. The molecule has 0 spiro atoms.